The SMILES string of the molecule is COc1ccc(N2C[C@@H](C)N[C@@H](C)C2)nc1NS(=O)(=O)c1ccc(Br)cc1Cl. The number of nitrogens with one attached hydrogen (secondary N) is 2. The van der Waals surface area contributed by atoms with Crippen LogP contribution in [0.15, 0.2) is 39.7 Å². The Morgan fingerprint density at radius 2 is 1.93 bits per heavy atom. The van der Waals surface area contributed by atoms with Gasteiger partial charge in [-0.2, -0.15) is 0 Å². The van der Waals surface area contributed by atoms with Crippen molar-refractivity contribution in [2.24, 2.45) is 0 Å². The molecule has 10 heteroatoms. The third kappa shape index (κ3) is 4.71. The maximum absolute atomic E-state index is 12.9. The number of anilines is 2. The quantitative estimate of drug-likeness (QED) is 0.669. The first kappa shape index (κ1) is 21.2. The Morgan fingerprint density at radius 1 is 1.25 bits per heavy atom. The summed E-state index contributed by atoms with van der Waals surface area (Å²) in [5, 5.41) is 3.58. The van der Waals surface area contributed by atoms with Gasteiger partial charge in [0.25, 0.3) is 10.0 Å². The van der Waals surface area contributed by atoms with Gasteiger partial charge in [0.2, 0.25) is 0 Å². The maximum Gasteiger partial charge on any atom is 0.264 e. The normalized spacial score (nSPS) is 20.1. The molecule has 1 aromatic carbocycles. The average Bonchev–Trinajstić information content (AvgIpc) is 2.60. The van der Waals surface area contributed by atoms with E-state index in [0.29, 0.717) is 28.1 Å². The first-order chi connectivity index (χ1) is 13.2. The molecule has 28 heavy (non-hydrogen) atoms. The van der Waals surface area contributed by atoms with Crippen molar-refractivity contribution in [1.82, 2.24) is 10.3 Å². The van der Waals surface area contributed by atoms with Crippen LogP contribution in [-0.2, 0) is 10.0 Å². The van der Waals surface area contributed by atoms with Crippen LogP contribution in [0.2, 0.25) is 5.02 Å². The highest BCUT2D eigenvalue weighted by Gasteiger charge is 2.25. The van der Waals surface area contributed by atoms with E-state index >= 15 is 0 Å². The molecule has 0 unspecified atom stereocenters. The molecule has 1 aliphatic heterocycles. The lowest BCUT2D eigenvalue weighted by Crippen LogP contribution is -2.54. The molecule has 0 radical (unpaired) electrons. The molecule has 0 bridgehead atoms. The largest absolute Gasteiger partial charge is 0.493 e. The summed E-state index contributed by atoms with van der Waals surface area (Å²) in [5.41, 5.74) is 0. The fourth-order valence-electron chi connectivity index (χ4n) is 3.24. The molecule has 2 heterocycles. The molecule has 0 saturated carbocycles. The zero-order valence-corrected chi connectivity index (χ0v) is 18.9. The molecule has 0 amide bonds. The van der Waals surface area contributed by atoms with Crippen molar-refractivity contribution in [3.05, 3.63) is 39.8 Å². The summed E-state index contributed by atoms with van der Waals surface area (Å²) in [4.78, 5) is 6.61. The minimum absolute atomic E-state index is 0.0314. The number of hydrogen-bond donors (Lipinski definition) is 2. The molecule has 0 aliphatic carbocycles. The second-order valence-corrected chi connectivity index (χ2v) is 9.75. The zero-order chi connectivity index (χ0) is 20.5. The van der Waals surface area contributed by atoms with E-state index in [1.165, 1.54) is 19.2 Å². The number of rotatable bonds is 5. The van der Waals surface area contributed by atoms with Crippen molar-refractivity contribution in [2.75, 3.05) is 29.8 Å². The molecule has 1 saturated heterocycles. The van der Waals surface area contributed by atoms with Crippen molar-refractivity contribution >= 4 is 49.2 Å². The van der Waals surface area contributed by atoms with Gasteiger partial charge in [-0.25, -0.2) is 13.4 Å². The lowest BCUT2D eigenvalue weighted by Gasteiger charge is -2.37. The lowest BCUT2D eigenvalue weighted by molar-refractivity contribution is 0.403. The topological polar surface area (TPSA) is 83.6 Å². The first-order valence-electron chi connectivity index (χ1n) is 8.73. The fraction of sp³-hybridized carbons (Fsp3) is 0.389. The summed E-state index contributed by atoms with van der Waals surface area (Å²) in [6, 6.07) is 8.72. The number of piperazine rings is 1. The van der Waals surface area contributed by atoms with Crippen molar-refractivity contribution in [3.8, 4) is 5.75 Å². The van der Waals surface area contributed by atoms with Gasteiger partial charge in [-0.3, -0.25) is 4.72 Å². The second kappa shape index (κ2) is 8.44. The van der Waals surface area contributed by atoms with Crippen molar-refractivity contribution < 1.29 is 13.2 Å². The molecule has 2 atom stereocenters. The highest BCUT2D eigenvalue weighted by Crippen LogP contribution is 2.31. The number of pyridine rings is 1. The van der Waals surface area contributed by atoms with E-state index in [9.17, 15) is 8.42 Å². The fourth-order valence-corrected chi connectivity index (χ4v) is 5.29. The number of sulfonamides is 1. The monoisotopic (exact) mass is 488 g/mol. The van der Waals surface area contributed by atoms with Crippen LogP contribution >= 0.6 is 27.5 Å². The van der Waals surface area contributed by atoms with E-state index in [1.54, 1.807) is 12.1 Å². The van der Waals surface area contributed by atoms with Crippen LogP contribution < -0.4 is 19.7 Å². The number of aromatic nitrogens is 1. The number of methoxy groups -OCH3 is 1. The van der Waals surface area contributed by atoms with Crippen LogP contribution in [0.3, 0.4) is 0 Å². The van der Waals surface area contributed by atoms with Gasteiger partial charge in [0.15, 0.2) is 11.6 Å². The molecular formula is C18H22BrClN4O3S. The molecule has 2 aromatic rings. The first-order valence-corrected chi connectivity index (χ1v) is 11.4. The Labute approximate surface area is 178 Å². The molecule has 152 valence electrons. The van der Waals surface area contributed by atoms with Crippen molar-refractivity contribution in [3.63, 3.8) is 0 Å². The Balaban J connectivity index is 1.94. The minimum Gasteiger partial charge on any atom is -0.493 e. The third-order valence-electron chi connectivity index (χ3n) is 4.36. The summed E-state index contributed by atoms with van der Waals surface area (Å²) in [6.07, 6.45) is 0. The molecule has 0 spiro atoms. The molecular weight excluding hydrogens is 468 g/mol. The van der Waals surface area contributed by atoms with Gasteiger partial charge in [-0.15, -0.1) is 0 Å². The Kier molecular flexibility index (Phi) is 6.38. The van der Waals surface area contributed by atoms with E-state index < -0.39 is 10.0 Å². The van der Waals surface area contributed by atoms with Crippen LogP contribution in [0, 0.1) is 0 Å². The molecule has 2 N–H and O–H groups in total. The van der Waals surface area contributed by atoms with E-state index in [-0.39, 0.29) is 15.7 Å². The van der Waals surface area contributed by atoms with E-state index in [0.717, 1.165) is 13.1 Å². The number of halogens is 2. The van der Waals surface area contributed by atoms with Crippen LogP contribution in [0.5, 0.6) is 5.75 Å². The predicted octanol–water partition coefficient (Wildman–Crippen LogP) is 3.49. The van der Waals surface area contributed by atoms with Gasteiger partial charge in [0.05, 0.1) is 12.1 Å². The second-order valence-electron chi connectivity index (χ2n) is 6.77. The van der Waals surface area contributed by atoms with Crippen molar-refractivity contribution in [2.45, 2.75) is 30.8 Å². The average molecular weight is 490 g/mol. The van der Waals surface area contributed by atoms with Crippen molar-refractivity contribution in [1.29, 1.82) is 0 Å². The van der Waals surface area contributed by atoms with Crippen LogP contribution in [0.4, 0.5) is 11.6 Å². The summed E-state index contributed by atoms with van der Waals surface area (Å²) in [5.74, 6) is 1.13. The molecule has 1 aromatic heterocycles. The molecule has 7 nitrogen and oxygen atoms in total. The predicted molar refractivity (Wildman–Crippen MR) is 115 cm³/mol. The van der Waals surface area contributed by atoms with Gasteiger partial charge in [0.1, 0.15) is 10.7 Å². The molecule has 3 rings (SSSR count). The highest BCUT2D eigenvalue weighted by molar-refractivity contribution is 9.10. The summed E-state index contributed by atoms with van der Waals surface area (Å²) < 4.78 is 34.2. The van der Waals surface area contributed by atoms with Crippen LogP contribution in [0.25, 0.3) is 0 Å². The maximum atomic E-state index is 12.9. The van der Waals surface area contributed by atoms with Gasteiger partial charge in [-0.1, -0.05) is 27.5 Å². The van der Waals surface area contributed by atoms with Crippen LogP contribution in [0.1, 0.15) is 13.8 Å². The third-order valence-corrected chi connectivity index (χ3v) is 6.67. The van der Waals surface area contributed by atoms with Gasteiger partial charge >= 0.3 is 0 Å². The zero-order valence-electron chi connectivity index (χ0n) is 15.7. The van der Waals surface area contributed by atoms with Gasteiger partial charge < -0.3 is 15.0 Å². The van der Waals surface area contributed by atoms with E-state index in [2.05, 4.69) is 49.7 Å². The van der Waals surface area contributed by atoms with Gasteiger partial charge in [-0.05, 0) is 44.2 Å². The summed E-state index contributed by atoms with van der Waals surface area (Å²) in [7, 11) is -2.47. The standard InChI is InChI=1S/C18H22BrClN4O3S/c1-11-9-24(10-12(2)21-11)17-7-5-15(27-3)18(22-17)23-28(25,26)16-6-4-13(19)8-14(16)20/h4-8,11-12,21H,9-10H2,1-3H3,(H,22,23)/t11-,12+. The number of hydrogen-bond acceptors (Lipinski definition) is 6. The Hall–Kier alpha value is -1.55. The highest BCUT2D eigenvalue weighted by atomic mass is 79.9. The van der Waals surface area contributed by atoms with Crippen LogP contribution in [-0.4, -0.2) is 45.7 Å². The van der Waals surface area contributed by atoms with E-state index in [4.69, 9.17) is 16.3 Å². The summed E-state index contributed by atoms with van der Waals surface area (Å²) >= 11 is 9.40. The number of ether oxygens (including phenoxy) is 1. The number of benzene rings is 1. The lowest BCUT2D eigenvalue weighted by atomic mass is 10.1. The van der Waals surface area contributed by atoms with Gasteiger partial charge in [0, 0.05) is 29.6 Å². The Bertz CT molecular complexity index is 963. The molecule has 1 aliphatic rings. The smallest absolute Gasteiger partial charge is 0.264 e. The van der Waals surface area contributed by atoms with E-state index in [1.807, 2.05) is 6.07 Å². The minimum atomic E-state index is -3.94. The molecule has 1 fully saturated rings. The summed E-state index contributed by atoms with van der Waals surface area (Å²) in [6.45, 7) is 5.75. The number of nitrogens with zero attached hydrogens (tertiary/aromatic N) is 2. The Morgan fingerprint density at radius 3 is 2.54 bits per heavy atom.